The van der Waals surface area contributed by atoms with Crippen LogP contribution in [0, 0.1) is 17.8 Å². The van der Waals surface area contributed by atoms with E-state index in [-0.39, 0.29) is 5.91 Å². The molecule has 138 valence electrons. The Balaban J connectivity index is 1.21. The zero-order chi connectivity index (χ0) is 17.9. The van der Waals surface area contributed by atoms with Crippen molar-refractivity contribution >= 4 is 5.91 Å². The van der Waals surface area contributed by atoms with Gasteiger partial charge in [0.05, 0.1) is 0 Å². The van der Waals surface area contributed by atoms with Gasteiger partial charge in [0.25, 0.3) is 0 Å². The predicted molar refractivity (Wildman–Crippen MR) is 99.2 cm³/mol. The molecule has 5 heteroatoms. The van der Waals surface area contributed by atoms with Crippen LogP contribution in [0.25, 0.3) is 11.5 Å². The van der Waals surface area contributed by atoms with Gasteiger partial charge in [0, 0.05) is 24.4 Å². The summed E-state index contributed by atoms with van der Waals surface area (Å²) in [6.45, 7) is 2.17. The molecule has 0 saturated heterocycles. The lowest BCUT2D eigenvalue weighted by Gasteiger charge is -2.28. The number of amides is 1. The minimum Gasteiger partial charge on any atom is -0.421 e. The first-order valence-electron chi connectivity index (χ1n) is 9.86. The molecular formula is C21H27N3O2. The standard InChI is InChI=1S/C21H27N3O2/c1-14(18-13-15-10-11-17(18)12-15)22-19(25)8-5-9-20-23-24-21(26-20)16-6-3-2-4-7-16/h2-4,6-7,14-15,17-18H,5,8-13H2,1H3,(H,22,25)/t14-,15-,17-,18+/m0/s1. The molecule has 2 bridgehead atoms. The van der Waals surface area contributed by atoms with Crippen molar-refractivity contribution in [3.05, 3.63) is 36.2 Å². The van der Waals surface area contributed by atoms with Crippen molar-refractivity contribution in [3.63, 3.8) is 0 Å². The molecule has 2 aliphatic rings. The molecular weight excluding hydrogens is 326 g/mol. The topological polar surface area (TPSA) is 68.0 Å². The Morgan fingerprint density at radius 2 is 2.08 bits per heavy atom. The number of carbonyl (C=O) groups is 1. The van der Waals surface area contributed by atoms with Crippen LogP contribution in [0.2, 0.25) is 0 Å². The summed E-state index contributed by atoms with van der Waals surface area (Å²) < 4.78 is 5.69. The van der Waals surface area contributed by atoms with Crippen LogP contribution in [0.15, 0.2) is 34.7 Å². The van der Waals surface area contributed by atoms with Crippen LogP contribution in [0.4, 0.5) is 0 Å². The molecule has 4 atom stereocenters. The lowest BCUT2D eigenvalue weighted by Crippen LogP contribution is -2.40. The van der Waals surface area contributed by atoms with Crippen LogP contribution in [-0.4, -0.2) is 22.1 Å². The third-order valence-electron chi connectivity index (χ3n) is 6.11. The Labute approximate surface area is 154 Å². The van der Waals surface area contributed by atoms with Crippen LogP contribution in [0.1, 0.15) is 51.3 Å². The molecule has 0 spiro atoms. The Morgan fingerprint density at radius 1 is 1.23 bits per heavy atom. The smallest absolute Gasteiger partial charge is 0.247 e. The first kappa shape index (κ1) is 17.3. The van der Waals surface area contributed by atoms with Gasteiger partial charge in [-0.25, -0.2) is 0 Å². The Bertz CT molecular complexity index is 743. The highest BCUT2D eigenvalue weighted by molar-refractivity contribution is 5.76. The van der Waals surface area contributed by atoms with Crippen molar-refractivity contribution in [2.45, 2.75) is 57.9 Å². The van der Waals surface area contributed by atoms with Crippen LogP contribution in [0.5, 0.6) is 0 Å². The van der Waals surface area contributed by atoms with E-state index in [0.717, 1.165) is 23.8 Å². The van der Waals surface area contributed by atoms with E-state index in [4.69, 9.17) is 4.42 Å². The van der Waals surface area contributed by atoms with Crippen molar-refractivity contribution in [3.8, 4) is 11.5 Å². The molecule has 0 aliphatic heterocycles. The minimum atomic E-state index is 0.142. The van der Waals surface area contributed by atoms with E-state index >= 15 is 0 Å². The third-order valence-corrected chi connectivity index (χ3v) is 6.11. The molecule has 5 nitrogen and oxygen atoms in total. The highest BCUT2D eigenvalue weighted by atomic mass is 16.4. The molecule has 4 rings (SSSR count). The predicted octanol–water partition coefficient (Wildman–Crippen LogP) is 4.00. The lowest BCUT2D eigenvalue weighted by atomic mass is 9.84. The molecule has 1 heterocycles. The number of aryl methyl sites for hydroxylation is 1. The van der Waals surface area contributed by atoms with Gasteiger partial charge >= 0.3 is 0 Å². The number of nitrogens with one attached hydrogen (secondary N) is 1. The van der Waals surface area contributed by atoms with Gasteiger partial charge in [0.1, 0.15) is 0 Å². The molecule has 1 aromatic carbocycles. The molecule has 1 amide bonds. The van der Waals surface area contributed by atoms with E-state index in [1.54, 1.807) is 0 Å². The molecule has 1 N–H and O–H groups in total. The number of fused-ring (bicyclic) bond motifs is 2. The normalized spacial score (nSPS) is 25.3. The maximum absolute atomic E-state index is 12.3. The molecule has 0 unspecified atom stereocenters. The van der Waals surface area contributed by atoms with Crippen LogP contribution in [-0.2, 0) is 11.2 Å². The fraction of sp³-hybridized carbons (Fsp3) is 0.571. The number of carbonyl (C=O) groups excluding carboxylic acids is 1. The Kier molecular flexibility index (Phi) is 5.05. The SMILES string of the molecule is C[C@H](NC(=O)CCCc1nnc(-c2ccccc2)o1)[C@H]1C[C@H]2CC[C@H]1C2. The van der Waals surface area contributed by atoms with Gasteiger partial charge in [0.15, 0.2) is 0 Å². The van der Waals surface area contributed by atoms with Gasteiger partial charge in [-0.05, 0) is 62.5 Å². The van der Waals surface area contributed by atoms with Gasteiger partial charge in [-0.3, -0.25) is 4.79 Å². The Hall–Kier alpha value is -2.17. The zero-order valence-electron chi connectivity index (χ0n) is 15.4. The summed E-state index contributed by atoms with van der Waals surface area (Å²) in [5.41, 5.74) is 0.920. The number of nitrogens with zero attached hydrogens (tertiary/aromatic N) is 2. The molecule has 1 aromatic heterocycles. The van der Waals surface area contributed by atoms with Crippen molar-refractivity contribution in [2.24, 2.45) is 17.8 Å². The lowest BCUT2D eigenvalue weighted by molar-refractivity contribution is -0.122. The molecule has 2 fully saturated rings. The number of hydrogen-bond donors (Lipinski definition) is 1. The molecule has 26 heavy (non-hydrogen) atoms. The van der Waals surface area contributed by atoms with Gasteiger partial charge in [-0.2, -0.15) is 0 Å². The number of hydrogen-bond acceptors (Lipinski definition) is 4. The van der Waals surface area contributed by atoms with Gasteiger partial charge in [0.2, 0.25) is 17.7 Å². The summed E-state index contributed by atoms with van der Waals surface area (Å²) in [5, 5.41) is 11.4. The van der Waals surface area contributed by atoms with Gasteiger partial charge in [-0.1, -0.05) is 24.6 Å². The average Bonchev–Trinajstić information content (AvgIpc) is 3.39. The van der Waals surface area contributed by atoms with Crippen molar-refractivity contribution in [1.29, 1.82) is 0 Å². The number of benzene rings is 1. The maximum Gasteiger partial charge on any atom is 0.247 e. The highest BCUT2D eigenvalue weighted by Crippen LogP contribution is 2.49. The minimum absolute atomic E-state index is 0.142. The van der Waals surface area contributed by atoms with E-state index in [0.29, 0.717) is 36.6 Å². The van der Waals surface area contributed by atoms with Crippen LogP contribution < -0.4 is 5.32 Å². The summed E-state index contributed by atoms with van der Waals surface area (Å²) in [5.74, 6) is 3.71. The quantitative estimate of drug-likeness (QED) is 0.817. The van der Waals surface area contributed by atoms with E-state index < -0.39 is 0 Å². The second-order valence-corrected chi connectivity index (χ2v) is 7.92. The van der Waals surface area contributed by atoms with Crippen LogP contribution >= 0.6 is 0 Å². The monoisotopic (exact) mass is 353 g/mol. The summed E-state index contributed by atoms with van der Waals surface area (Å²) in [7, 11) is 0. The van der Waals surface area contributed by atoms with Crippen LogP contribution in [0.3, 0.4) is 0 Å². The molecule has 0 radical (unpaired) electrons. The second kappa shape index (κ2) is 7.60. The summed E-state index contributed by atoms with van der Waals surface area (Å²) in [6, 6.07) is 10.0. The first-order valence-corrected chi connectivity index (χ1v) is 9.86. The molecule has 2 saturated carbocycles. The molecule has 2 aromatic rings. The first-order chi connectivity index (χ1) is 12.7. The fourth-order valence-electron chi connectivity index (χ4n) is 4.79. The summed E-state index contributed by atoms with van der Waals surface area (Å²) >= 11 is 0. The highest BCUT2D eigenvalue weighted by Gasteiger charge is 2.42. The summed E-state index contributed by atoms with van der Waals surface area (Å²) in [6.07, 6.45) is 7.31. The molecule has 2 aliphatic carbocycles. The second-order valence-electron chi connectivity index (χ2n) is 7.92. The average molecular weight is 353 g/mol. The number of aromatic nitrogens is 2. The number of rotatable bonds is 7. The van der Waals surface area contributed by atoms with Crippen molar-refractivity contribution in [1.82, 2.24) is 15.5 Å². The Morgan fingerprint density at radius 3 is 2.81 bits per heavy atom. The fourth-order valence-corrected chi connectivity index (χ4v) is 4.79. The van der Waals surface area contributed by atoms with E-state index in [9.17, 15) is 4.79 Å². The third kappa shape index (κ3) is 3.81. The van der Waals surface area contributed by atoms with E-state index in [2.05, 4.69) is 22.4 Å². The van der Waals surface area contributed by atoms with Gasteiger partial charge < -0.3 is 9.73 Å². The van der Waals surface area contributed by atoms with E-state index in [1.807, 2.05) is 30.3 Å². The maximum atomic E-state index is 12.3. The van der Waals surface area contributed by atoms with Crippen molar-refractivity contribution < 1.29 is 9.21 Å². The van der Waals surface area contributed by atoms with Crippen molar-refractivity contribution in [2.75, 3.05) is 0 Å². The van der Waals surface area contributed by atoms with E-state index in [1.165, 1.54) is 25.7 Å². The zero-order valence-corrected chi connectivity index (χ0v) is 15.4. The summed E-state index contributed by atoms with van der Waals surface area (Å²) in [4.78, 5) is 12.3. The largest absolute Gasteiger partial charge is 0.421 e. The van der Waals surface area contributed by atoms with Gasteiger partial charge in [-0.15, -0.1) is 10.2 Å².